The fraction of sp³-hybridized carbons (Fsp3) is 0.500. The van der Waals surface area contributed by atoms with Crippen molar-refractivity contribution in [3.8, 4) is 0 Å². The van der Waals surface area contributed by atoms with Crippen LogP contribution in [0.3, 0.4) is 0 Å². The standard InChI is InChI=1S/C18H25N3OS/c1-14-15(2)22-18(19-14)13-21-10-8-20(9-11-21)12-16-4-6-17(23-3)7-5-16/h4-7H,8-13H2,1-3H3. The van der Waals surface area contributed by atoms with Crippen molar-refractivity contribution in [2.75, 3.05) is 32.4 Å². The lowest BCUT2D eigenvalue weighted by Gasteiger charge is -2.34. The van der Waals surface area contributed by atoms with E-state index in [1.807, 2.05) is 13.8 Å². The van der Waals surface area contributed by atoms with E-state index in [1.54, 1.807) is 11.8 Å². The van der Waals surface area contributed by atoms with Gasteiger partial charge in [0.05, 0.1) is 12.2 Å². The summed E-state index contributed by atoms with van der Waals surface area (Å²) < 4.78 is 5.69. The van der Waals surface area contributed by atoms with Crippen LogP contribution in [0.25, 0.3) is 0 Å². The van der Waals surface area contributed by atoms with Crippen molar-refractivity contribution in [2.45, 2.75) is 31.8 Å². The van der Waals surface area contributed by atoms with Gasteiger partial charge in [0.2, 0.25) is 5.89 Å². The Labute approximate surface area is 142 Å². The maximum absolute atomic E-state index is 5.69. The van der Waals surface area contributed by atoms with E-state index in [1.165, 1.54) is 10.5 Å². The van der Waals surface area contributed by atoms with E-state index in [4.69, 9.17) is 4.42 Å². The van der Waals surface area contributed by atoms with Gasteiger partial charge in [0.1, 0.15) is 5.76 Å². The largest absolute Gasteiger partial charge is 0.444 e. The highest BCUT2D eigenvalue weighted by atomic mass is 32.2. The fourth-order valence-corrected chi connectivity index (χ4v) is 3.30. The Bertz CT molecular complexity index is 611. The second-order valence-electron chi connectivity index (χ2n) is 6.15. The Morgan fingerprint density at radius 3 is 2.13 bits per heavy atom. The predicted octanol–water partition coefficient (Wildman–Crippen LogP) is 3.33. The minimum absolute atomic E-state index is 0.824. The van der Waals surface area contributed by atoms with E-state index >= 15 is 0 Å². The third-order valence-electron chi connectivity index (χ3n) is 4.46. The highest BCUT2D eigenvalue weighted by Crippen LogP contribution is 2.17. The van der Waals surface area contributed by atoms with Crippen molar-refractivity contribution in [2.24, 2.45) is 0 Å². The molecule has 23 heavy (non-hydrogen) atoms. The summed E-state index contributed by atoms with van der Waals surface area (Å²) in [5, 5.41) is 0. The Morgan fingerprint density at radius 1 is 1.00 bits per heavy atom. The zero-order valence-corrected chi connectivity index (χ0v) is 15.0. The van der Waals surface area contributed by atoms with Gasteiger partial charge >= 0.3 is 0 Å². The molecule has 3 rings (SSSR count). The number of aromatic nitrogens is 1. The zero-order valence-electron chi connectivity index (χ0n) is 14.2. The first kappa shape index (κ1) is 16.6. The number of hydrogen-bond acceptors (Lipinski definition) is 5. The fourth-order valence-electron chi connectivity index (χ4n) is 2.89. The van der Waals surface area contributed by atoms with Crippen LogP contribution in [0.2, 0.25) is 0 Å². The molecular formula is C18H25N3OS. The summed E-state index contributed by atoms with van der Waals surface area (Å²) >= 11 is 1.79. The predicted molar refractivity (Wildman–Crippen MR) is 94.8 cm³/mol. The van der Waals surface area contributed by atoms with Gasteiger partial charge in [0, 0.05) is 37.6 Å². The highest BCUT2D eigenvalue weighted by molar-refractivity contribution is 7.98. The molecule has 1 aliphatic heterocycles. The van der Waals surface area contributed by atoms with Crippen molar-refractivity contribution in [1.82, 2.24) is 14.8 Å². The molecule has 1 aromatic carbocycles. The highest BCUT2D eigenvalue weighted by Gasteiger charge is 2.19. The van der Waals surface area contributed by atoms with Gasteiger partial charge in [-0.1, -0.05) is 12.1 Å². The van der Waals surface area contributed by atoms with Gasteiger partial charge in [0.15, 0.2) is 0 Å². The van der Waals surface area contributed by atoms with Crippen LogP contribution in [0.1, 0.15) is 22.9 Å². The summed E-state index contributed by atoms with van der Waals surface area (Å²) in [6.45, 7) is 10.2. The minimum Gasteiger partial charge on any atom is -0.444 e. The van der Waals surface area contributed by atoms with Crippen LogP contribution < -0.4 is 0 Å². The molecule has 0 atom stereocenters. The lowest BCUT2D eigenvalue weighted by atomic mass is 10.2. The first-order valence-electron chi connectivity index (χ1n) is 8.14. The monoisotopic (exact) mass is 331 g/mol. The lowest BCUT2D eigenvalue weighted by Crippen LogP contribution is -2.45. The maximum atomic E-state index is 5.69. The first-order valence-corrected chi connectivity index (χ1v) is 9.37. The van der Waals surface area contributed by atoms with Crippen molar-refractivity contribution in [3.63, 3.8) is 0 Å². The molecule has 0 aliphatic carbocycles. The van der Waals surface area contributed by atoms with E-state index in [9.17, 15) is 0 Å². The van der Waals surface area contributed by atoms with Gasteiger partial charge < -0.3 is 4.42 Å². The number of rotatable bonds is 5. The van der Waals surface area contributed by atoms with Crippen LogP contribution in [-0.4, -0.2) is 47.2 Å². The van der Waals surface area contributed by atoms with Crippen LogP contribution in [0.4, 0.5) is 0 Å². The van der Waals surface area contributed by atoms with Crippen molar-refractivity contribution < 1.29 is 4.42 Å². The van der Waals surface area contributed by atoms with Crippen LogP contribution >= 0.6 is 11.8 Å². The third-order valence-corrected chi connectivity index (χ3v) is 5.21. The van der Waals surface area contributed by atoms with Gasteiger partial charge in [-0.25, -0.2) is 4.98 Å². The number of aryl methyl sites for hydroxylation is 2. The number of thioether (sulfide) groups is 1. The summed E-state index contributed by atoms with van der Waals surface area (Å²) in [5.74, 6) is 1.79. The summed E-state index contributed by atoms with van der Waals surface area (Å²) in [6.07, 6.45) is 2.12. The number of nitrogens with zero attached hydrogens (tertiary/aromatic N) is 3. The van der Waals surface area contributed by atoms with Crippen LogP contribution in [0.5, 0.6) is 0 Å². The molecule has 0 radical (unpaired) electrons. The van der Waals surface area contributed by atoms with E-state index in [0.29, 0.717) is 0 Å². The number of oxazole rings is 1. The number of piperazine rings is 1. The molecule has 1 fully saturated rings. The van der Waals surface area contributed by atoms with Gasteiger partial charge in [0.25, 0.3) is 0 Å². The normalized spacial score (nSPS) is 16.8. The molecule has 5 heteroatoms. The summed E-state index contributed by atoms with van der Waals surface area (Å²) in [6, 6.07) is 8.92. The van der Waals surface area contributed by atoms with E-state index < -0.39 is 0 Å². The molecule has 0 saturated carbocycles. The molecule has 0 spiro atoms. The second-order valence-corrected chi connectivity index (χ2v) is 7.03. The van der Waals surface area contributed by atoms with E-state index in [2.05, 4.69) is 45.3 Å². The summed E-state index contributed by atoms with van der Waals surface area (Å²) in [7, 11) is 0. The quantitative estimate of drug-likeness (QED) is 0.785. The molecule has 1 saturated heterocycles. The molecule has 4 nitrogen and oxygen atoms in total. The van der Waals surface area contributed by atoms with E-state index in [-0.39, 0.29) is 0 Å². The average Bonchev–Trinajstić information content (AvgIpc) is 2.88. The Kier molecular flexibility index (Phi) is 5.41. The van der Waals surface area contributed by atoms with Crippen LogP contribution in [0, 0.1) is 13.8 Å². The number of benzene rings is 1. The van der Waals surface area contributed by atoms with Gasteiger partial charge in [-0.2, -0.15) is 0 Å². The Morgan fingerprint density at radius 2 is 1.61 bits per heavy atom. The van der Waals surface area contributed by atoms with E-state index in [0.717, 1.165) is 56.6 Å². The van der Waals surface area contributed by atoms with Crippen LogP contribution in [-0.2, 0) is 13.1 Å². The lowest BCUT2D eigenvalue weighted by molar-refractivity contribution is 0.114. The van der Waals surface area contributed by atoms with Crippen LogP contribution in [0.15, 0.2) is 33.6 Å². The zero-order chi connectivity index (χ0) is 16.2. The third kappa shape index (κ3) is 4.37. The molecule has 2 aromatic rings. The molecular weight excluding hydrogens is 306 g/mol. The second kappa shape index (κ2) is 7.51. The van der Waals surface area contributed by atoms with Crippen molar-refractivity contribution in [1.29, 1.82) is 0 Å². The molecule has 1 aliphatic rings. The Hall–Kier alpha value is -1.30. The molecule has 0 bridgehead atoms. The summed E-state index contributed by atoms with van der Waals surface area (Å²) in [5.41, 5.74) is 2.41. The smallest absolute Gasteiger partial charge is 0.208 e. The van der Waals surface area contributed by atoms with Gasteiger partial charge in [-0.05, 0) is 37.8 Å². The SMILES string of the molecule is CSc1ccc(CN2CCN(Cc3nc(C)c(C)o3)CC2)cc1. The number of hydrogen-bond donors (Lipinski definition) is 0. The molecule has 0 amide bonds. The molecule has 2 heterocycles. The van der Waals surface area contributed by atoms with Crippen molar-refractivity contribution in [3.05, 3.63) is 47.2 Å². The molecule has 1 aromatic heterocycles. The summed E-state index contributed by atoms with van der Waals surface area (Å²) in [4.78, 5) is 10.8. The molecule has 0 N–H and O–H groups in total. The molecule has 0 unspecified atom stereocenters. The minimum atomic E-state index is 0.824. The Balaban J connectivity index is 1.47. The topological polar surface area (TPSA) is 32.5 Å². The van der Waals surface area contributed by atoms with Gasteiger partial charge in [-0.3, -0.25) is 9.80 Å². The first-order chi connectivity index (χ1) is 11.1. The average molecular weight is 331 g/mol. The maximum Gasteiger partial charge on any atom is 0.208 e. The van der Waals surface area contributed by atoms with Crippen molar-refractivity contribution >= 4 is 11.8 Å². The molecule has 124 valence electrons. The van der Waals surface area contributed by atoms with Gasteiger partial charge in [-0.15, -0.1) is 11.8 Å².